The summed E-state index contributed by atoms with van der Waals surface area (Å²) >= 11 is 13.4. The van der Waals surface area contributed by atoms with Crippen molar-refractivity contribution >= 4 is 58.0 Å². The quantitative estimate of drug-likeness (QED) is 0.225. The van der Waals surface area contributed by atoms with Gasteiger partial charge in [0.05, 0.1) is 11.7 Å². The number of rotatable bonds is 7. The van der Waals surface area contributed by atoms with E-state index in [1.54, 1.807) is 6.20 Å². The lowest BCUT2D eigenvalue weighted by atomic mass is 10.0. The molecule has 1 aliphatic rings. The van der Waals surface area contributed by atoms with Gasteiger partial charge < -0.3 is 20.0 Å². The summed E-state index contributed by atoms with van der Waals surface area (Å²) in [6.45, 7) is 5.72. The summed E-state index contributed by atoms with van der Waals surface area (Å²) in [6, 6.07) is 22.9. The van der Waals surface area contributed by atoms with E-state index in [2.05, 4.69) is 20.5 Å². The molecule has 1 amide bonds. The maximum atomic E-state index is 12.3. The molecule has 1 saturated heterocycles. The minimum absolute atomic E-state index is 0.0198. The zero-order chi connectivity index (χ0) is 26.8. The third-order valence-corrected chi connectivity index (χ3v) is 7.79. The molecule has 6 nitrogen and oxygen atoms in total. The SMILES string of the molecule is Cc1cc(N2C(=S)NC(c3ccccn3)C2c2ccc(Sc3ccc(Cl)cc3)o2)ccc1NC(=O)C(C)C. The molecular weight excluding hydrogens is 536 g/mol. The first-order valence-electron chi connectivity index (χ1n) is 12.3. The molecule has 2 aromatic heterocycles. The lowest BCUT2D eigenvalue weighted by molar-refractivity contribution is -0.118. The zero-order valence-electron chi connectivity index (χ0n) is 21.1. The highest BCUT2D eigenvalue weighted by Gasteiger charge is 2.42. The molecule has 9 heteroatoms. The Balaban J connectivity index is 1.49. The van der Waals surface area contributed by atoms with Gasteiger partial charge in [-0.05, 0) is 91.4 Å². The van der Waals surface area contributed by atoms with Crippen LogP contribution in [0.4, 0.5) is 11.4 Å². The largest absolute Gasteiger partial charge is 0.452 e. The van der Waals surface area contributed by atoms with E-state index in [0.717, 1.165) is 38.4 Å². The minimum Gasteiger partial charge on any atom is -0.452 e. The second-order valence-corrected chi connectivity index (χ2v) is 11.3. The number of nitrogens with zero attached hydrogens (tertiary/aromatic N) is 2. The Morgan fingerprint density at radius 1 is 1.13 bits per heavy atom. The van der Waals surface area contributed by atoms with E-state index in [0.29, 0.717) is 10.1 Å². The van der Waals surface area contributed by atoms with E-state index in [1.165, 1.54) is 11.8 Å². The lowest BCUT2D eigenvalue weighted by Gasteiger charge is -2.27. The Kier molecular flexibility index (Phi) is 7.74. The summed E-state index contributed by atoms with van der Waals surface area (Å²) in [5, 5.41) is 8.49. The van der Waals surface area contributed by atoms with E-state index in [-0.39, 0.29) is 23.9 Å². The first-order chi connectivity index (χ1) is 18.3. The molecule has 1 aliphatic heterocycles. The van der Waals surface area contributed by atoms with Gasteiger partial charge in [0.1, 0.15) is 11.8 Å². The van der Waals surface area contributed by atoms with Gasteiger partial charge in [-0.3, -0.25) is 9.78 Å². The smallest absolute Gasteiger partial charge is 0.226 e. The predicted octanol–water partition coefficient (Wildman–Crippen LogP) is 7.56. The molecule has 0 radical (unpaired) electrons. The summed E-state index contributed by atoms with van der Waals surface area (Å²) in [5.41, 5.74) is 3.48. The standard InChI is InChI=1S/C29H27ClN4O2S2/c1-17(2)28(35)32-22-12-9-20(16-18(22)3)34-27(26(33-29(34)37)23-6-4-5-15-31-23)24-13-14-25(36-24)38-21-10-7-19(30)8-11-21/h4-17,26-27H,1-3H3,(H,32,35)(H,33,37). The number of anilines is 2. The van der Waals surface area contributed by atoms with Gasteiger partial charge >= 0.3 is 0 Å². The van der Waals surface area contributed by atoms with E-state index in [9.17, 15) is 4.79 Å². The second-order valence-electron chi connectivity index (χ2n) is 9.35. The van der Waals surface area contributed by atoms with E-state index in [1.807, 2.05) is 93.6 Å². The molecule has 1 fully saturated rings. The molecule has 0 saturated carbocycles. The number of thiocarbonyl (C=S) groups is 1. The van der Waals surface area contributed by atoms with Crippen molar-refractivity contribution in [2.24, 2.45) is 5.92 Å². The monoisotopic (exact) mass is 562 g/mol. The van der Waals surface area contributed by atoms with Crippen molar-refractivity contribution in [2.45, 2.75) is 42.8 Å². The maximum Gasteiger partial charge on any atom is 0.226 e. The number of hydrogen-bond acceptors (Lipinski definition) is 5. The van der Waals surface area contributed by atoms with Crippen LogP contribution in [0, 0.1) is 12.8 Å². The number of aryl methyl sites for hydroxylation is 1. The van der Waals surface area contributed by atoms with Crippen LogP contribution in [0.3, 0.4) is 0 Å². The predicted molar refractivity (Wildman–Crippen MR) is 157 cm³/mol. The number of carbonyl (C=O) groups is 1. The number of pyridine rings is 1. The number of amides is 1. The van der Waals surface area contributed by atoms with Gasteiger partial charge in [-0.2, -0.15) is 0 Å². The fourth-order valence-corrected chi connectivity index (χ4v) is 5.55. The van der Waals surface area contributed by atoms with Gasteiger partial charge in [0.2, 0.25) is 5.91 Å². The van der Waals surface area contributed by atoms with Crippen LogP contribution in [0.2, 0.25) is 5.02 Å². The number of hydrogen-bond donors (Lipinski definition) is 2. The number of benzene rings is 2. The van der Waals surface area contributed by atoms with Gasteiger partial charge in [-0.1, -0.05) is 43.3 Å². The fourth-order valence-electron chi connectivity index (χ4n) is 4.30. The highest BCUT2D eigenvalue weighted by molar-refractivity contribution is 7.99. The molecule has 38 heavy (non-hydrogen) atoms. The summed E-state index contributed by atoms with van der Waals surface area (Å²) in [5.74, 6) is 0.639. The van der Waals surface area contributed by atoms with Gasteiger partial charge in [0, 0.05) is 33.4 Å². The van der Waals surface area contributed by atoms with Crippen LogP contribution in [0.1, 0.15) is 42.9 Å². The summed E-state index contributed by atoms with van der Waals surface area (Å²) in [4.78, 5) is 20.0. The molecular formula is C29H27ClN4O2S2. The van der Waals surface area contributed by atoms with Crippen molar-refractivity contribution in [3.05, 3.63) is 101 Å². The topological polar surface area (TPSA) is 70.4 Å². The lowest BCUT2D eigenvalue weighted by Crippen LogP contribution is -2.29. The molecule has 0 aliphatic carbocycles. The van der Waals surface area contributed by atoms with Crippen LogP contribution in [0.15, 0.2) is 93.4 Å². The van der Waals surface area contributed by atoms with Crippen LogP contribution in [0.5, 0.6) is 0 Å². The van der Waals surface area contributed by atoms with Gasteiger partial charge in [-0.25, -0.2) is 0 Å². The van der Waals surface area contributed by atoms with Crippen molar-refractivity contribution in [3.8, 4) is 0 Å². The average Bonchev–Trinajstić information content (AvgIpc) is 3.51. The Hall–Kier alpha value is -3.33. The van der Waals surface area contributed by atoms with Crippen LogP contribution >= 0.6 is 35.6 Å². The van der Waals surface area contributed by atoms with Crippen LogP contribution in [-0.2, 0) is 4.79 Å². The fraction of sp³-hybridized carbons (Fsp3) is 0.207. The van der Waals surface area contributed by atoms with Crippen LogP contribution < -0.4 is 15.5 Å². The summed E-state index contributed by atoms with van der Waals surface area (Å²) < 4.78 is 6.39. The van der Waals surface area contributed by atoms with Crippen LogP contribution in [0.25, 0.3) is 0 Å². The zero-order valence-corrected chi connectivity index (χ0v) is 23.5. The van der Waals surface area contributed by atoms with Crippen molar-refractivity contribution in [2.75, 3.05) is 10.2 Å². The summed E-state index contributed by atoms with van der Waals surface area (Å²) in [7, 11) is 0. The van der Waals surface area contributed by atoms with Crippen molar-refractivity contribution in [1.82, 2.24) is 10.3 Å². The van der Waals surface area contributed by atoms with Gasteiger partial charge in [-0.15, -0.1) is 0 Å². The molecule has 2 aromatic carbocycles. The normalized spacial score (nSPS) is 17.1. The number of carbonyl (C=O) groups excluding carboxylic acids is 1. The Bertz CT molecular complexity index is 1460. The highest BCUT2D eigenvalue weighted by Crippen LogP contribution is 2.44. The summed E-state index contributed by atoms with van der Waals surface area (Å²) in [6.07, 6.45) is 1.78. The van der Waals surface area contributed by atoms with E-state index in [4.69, 9.17) is 28.2 Å². The Morgan fingerprint density at radius 3 is 2.61 bits per heavy atom. The molecule has 0 spiro atoms. The molecule has 3 heterocycles. The molecule has 4 aromatic rings. The average molecular weight is 563 g/mol. The molecule has 2 atom stereocenters. The van der Waals surface area contributed by atoms with Crippen molar-refractivity contribution < 1.29 is 9.21 Å². The number of nitrogens with one attached hydrogen (secondary N) is 2. The van der Waals surface area contributed by atoms with Crippen molar-refractivity contribution in [3.63, 3.8) is 0 Å². The third-order valence-electron chi connectivity index (χ3n) is 6.29. The first kappa shape index (κ1) is 26.3. The highest BCUT2D eigenvalue weighted by atomic mass is 35.5. The molecule has 5 rings (SSSR count). The van der Waals surface area contributed by atoms with Gasteiger partial charge in [0.25, 0.3) is 0 Å². The number of halogens is 1. The number of furan rings is 1. The first-order valence-corrected chi connectivity index (χ1v) is 13.9. The Morgan fingerprint density at radius 2 is 1.92 bits per heavy atom. The third kappa shape index (κ3) is 5.57. The van der Waals surface area contributed by atoms with Crippen molar-refractivity contribution in [1.29, 1.82) is 0 Å². The minimum atomic E-state index is -0.271. The van der Waals surface area contributed by atoms with Crippen LogP contribution in [-0.4, -0.2) is 16.0 Å². The molecule has 2 N–H and O–H groups in total. The molecule has 2 unspecified atom stereocenters. The second kappa shape index (κ2) is 11.2. The maximum absolute atomic E-state index is 12.3. The Labute approximate surface area is 236 Å². The van der Waals surface area contributed by atoms with Gasteiger partial charge in [0.15, 0.2) is 10.2 Å². The van der Waals surface area contributed by atoms with E-state index >= 15 is 0 Å². The van der Waals surface area contributed by atoms with E-state index < -0.39 is 0 Å². The number of aromatic nitrogens is 1. The molecule has 0 bridgehead atoms. The molecule has 194 valence electrons.